The molecular weight excluding hydrogens is 209 g/mol. The van der Waals surface area contributed by atoms with Gasteiger partial charge in [-0.2, -0.15) is 0 Å². The van der Waals surface area contributed by atoms with Crippen molar-refractivity contribution < 1.29 is 27.6 Å². The van der Waals surface area contributed by atoms with Gasteiger partial charge in [-0.1, -0.05) is 0 Å². The summed E-state index contributed by atoms with van der Waals surface area (Å²) < 4.78 is 7.92. The molecule has 0 radical (unpaired) electrons. The molecule has 0 heterocycles. The van der Waals surface area contributed by atoms with Gasteiger partial charge in [0.1, 0.15) is 0 Å². The second-order valence-electron chi connectivity index (χ2n) is 1.68. The quantitative estimate of drug-likeness (QED) is 0.661. The molecule has 0 aromatic carbocycles. The molecule has 0 bridgehead atoms. The summed E-state index contributed by atoms with van der Waals surface area (Å²) in [4.78, 5) is 10.4. The number of carbonyl (C=O) groups is 1. The summed E-state index contributed by atoms with van der Waals surface area (Å²) in [5.41, 5.74) is 0. The number of hydrogen-bond donors (Lipinski definition) is 0. The Bertz CT molecular complexity index is 116. The first-order chi connectivity index (χ1) is 4.20. The number of carbonyl (C=O) groups excluding carboxylic acids is 1. The minimum absolute atomic E-state index is 0.0304. The monoisotopic (exact) mass is 218 g/mol. The molecule has 1 amide bonds. The normalized spacial score (nSPS) is 12.3. The van der Waals surface area contributed by atoms with Crippen LogP contribution in [0.1, 0.15) is 20.3 Å². The van der Waals surface area contributed by atoms with Crippen LogP contribution in [0.4, 0.5) is 4.79 Å². The van der Waals surface area contributed by atoms with Crippen LogP contribution in [0.15, 0.2) is 3.68 Å². The first-order valence-electron chi connectivity index (χ1n) is 2.71. The summed E-state index contributed by atoms with van der Waals surface area (Å²) in [6.07, 6.45) is 0.261. The average molecular weight is 218 g/mol. The second kappa shape index (κ2) is 4.74. The molecule has 0 aliphatic rings. The summed E-state index contributed by atoms with van der Waals surface area (Å²) in [6.45, 7) is 3.77. The van der Waals surface area contributed by atoms with Crippen molar-refractivity contribution in [2.75, 3.05) is 0 Å². The predicted molar refractivity (Wildman–Crippen MR) is 28.7 cm³/mol. The molecule has 1 atom stereocenters. The molecule has 0 fully saturated rings. The van der Waals surface area contributed by atoms with E-state index in [0.29, 0.717) is 0 Å². The summed E-state index contributed by atoms with van der Waals surface area (Å²) in [5.74, 6) is 0. The number of hydrogen-bond acceptors (Lipinski definition) is 2. The minimum atomic E-state index is -0.531. The van der Waals surface area contributed by atoms with Gasteiger partial charge in [0, 0.05) is 0 Å². The van der Waals surface area contributed by atoms with E-state index in [1.807, 2.05) is 13.8 Å². The average Bonchev–Trinajstić information content (AvgIpc) is 1.87. The number of rotatable bonds is 2. The Morgan fingerprint density at radius 1 is 1.89 bits per heavy atom. The van der Waals surface area contributed by atoms with E-state index in [-0.39, 0.29) is 6.10 Å². The summed E-state index contributed by atoms with van der Waals surface area (Å²) in [6, 6.07) is 0. The van der Waals surface area contributed by atoms with E-state index in [2.05, 4.69) is 21.8 Å². The molecular formula is C5H9NO2Rh. The van der Waals surface area contributed by atoms with Crippen molar-refractivity contribution in [1.82, 2.24) is 0 Å². The molecule has 0 aliphatic heterocycles. The van der Waals surface area contributed by atoms with Crippen molar-refractivity contribution in [3.05, 3.63) is 0 Å². The van der Waals surface area contributed by atoms with E-state index in [1.165, 1.54) is 0 Å². The third-order valence-electron chi connectivity index (χ3n) is 0.938. The van der Waals surface area contributed by atoms with Crippen LogP contribution in [0.5, 0.6) is 0 Å². The van der Waals surface area contributed by atoms with Crippen LogP contribution < -0.4 is 0 Å². The van der Waals surface area contributed by atoms with Gasteiger partial charge < -0.3 is 0 Å². The van der Waals surface area contributed by atoms with Crippen LogP contribution in [-0.2, 0) is 22.9 Å². The van der Waals surface area contributed by atoms with Crippen LogP contribution in [0.3, 0.4) is 0 Å². The summed E-state index contributed by atoms with van der Waals surface area (Å²) in [5, 5.41) is 0. The van der Waals surface area contributed by atoms with Crippen molar-refractivity contribution in [2.45, 2.75) is 26.4 Å². The van der Waals surface area contributed by atoms with Gasteiger partial charge in [-0.05, 0) is 0 Å². The molecule has 0 aromatic rings. The predicted octanol–water partition coefficient (Wildman–Crippen LogP) is 1.65. The summed E-state index contributed by atoms with van der Waals surface area (Å²) in [7, 11) is 0. The molecule has 55 valence electrons. The molecule has 0 saturated heterocycles. The Balaban J connectivity index is 3.46. The van der Waals surface area contributed by atoms with Gasteiger partial charge in [0.15, 0.2) is 0 Å². The zero-order chi connectivity index (χ0) is 7.28. The van der Waals surface area contributed by atoms with Gasteiger partial charge in [-0.25, -0.2) is 0 Å². The van der Waals surface area contributed by atoms with Crippen LogP contribution >= 0.6 is 0 Å². The van der Waals surface area contributed by atoms with Gasteiger partial charge in [0.25, 0.3) is 0 Å². The molecule has 3 nitrogen and oxygen atoms in total. The van der Waals surface area contributed by atoms with Crippen LogP contribution in [0.2, 0.25) is 0 Å². The van der Waals surface area contributed by atoms with E-state index in [9.17, 15) is 4.79 Å². The second-order valence-corrected chi connectivity index (χ2v) is 2.04. The first-order valence-corrected chi connectivity index (χ1v) is 3.44. The van der Waals surface area contributed by atoms with Crippen molar-refractivity contribution in [2.24, 2.45) is 3.68 Å². The van der Waals surface area contributed by atoms with Crippen LogP contribution in [0, 0.1) is 0 Å². The van der Waals surface area contributed by atoms with E-state index < -0.39 is 6.09 Å². The fourth-order valence-corrected chi connectivity index (χ4v) is 0.359. The van der Waals surface area contributed by atoms with Crippen molar-refractivity contribution in [1.29, 1.82) is 0 Å². The molecule has 9 heavy (non-hydrogen) atoms. The standard InChI is InChI=1S/C5H9NO2.Rh/c1-3-4(2)8-5(6)7;/h4H,3H2,1-2H3;. The molecule has 0 aromatic heterocycles. The fourth-order valence-electron chi connectivity index (χ4n) is 0.273. The van der Waals surface area contributed by atoms with Gasteiger partial charge in [-0.15, -0.1) is 0 Å². The van der Waals surface area contributed by atoms with Crippen molar-refractivity contribution in [3.63, 3.8) is 0 Å². The van der Waals surface area contributed by atoms with E-state index in [0.717, 1.165) is 6.42 Å². The number of ether oxygens (including phenoxy) is 1. The Kier molecular flexibility index (Phi) is 4.69. The Hall–Kier alpha value is -0.107. The maximum atomic E-state index is 10.4. The van der Waals surface area contributed by atoms with Gasteiger partial charge in [-0.3, -0.25) is 0 Å². The van der Waals surface area contributed by atoms with Crippen LogP contribution in [0.25, 0.3) is 0 Å². The molecule has 0 rings (SSSR count). The van der Waals surface area contributed by atoms with E-state index in [1.54, 1.807) is 0 Å². The molecule has 0 aliphatic carbocycles. The molecule has 0 spiro atoms. The number of nitrogens with zero attached hydrogens (tertiary/aromatic N) is 1. The number of amides is 1. The molecule has 0 N–H and O–H groups in total. The van der Waals surface area contributed by atoms with Crippen LogP contribution in [-0.4, -0.2) is 12.2 Å². The zero-order valence-corrected chi connectivity index (χ0v) is 7.02. The van der Waals surface area contributed by atoms with Gasteiger partial charge >= 0.3 is 63.8 Å². The third kappa shape index (κ3) is 4.40. The molecule has 0 saturated carbocycles. The molecule has 4 heteroatoms. The maximum absolute atomic E-state index is 10.4. The molecule has 1 unspecified atom stereocenters. The Labute approximate surface area is 64.3 Å². The first kappa shape index (κ1) is 8.89. The summed E-state index contributed by atoms with van der Waals surface area (Å²) >= 11 is 2.13. The van der Waals surface area contributed by atoms with Crippen molar-refractivity contribution in [3.8, 4) is 0 Å². The Morgan fingerprint density at radius 2 is 2.44 bits per heavy atom. The zero-order valence-electron chi connectivity index (χ0n) is 5.38. The van der Waals surface area contributed by atoms with Crippen molar-refractivity contribution >= 4 is 6.09 Å². The van der Waals surface area contributed by atoms with E-state index in [4.69, 9.17) is 4.74 Å². The van der Waals surface area contributed by atoms with E-state index >= 15 is 0 Å². The van der Waals surface area contributed by atoms with Gasteiger partial charge in [0.2, 0.25) is 0 Å². The van der Waals surface area contributed by atoms with Gasteiger partial charge in [0.05, 0.1) is 0 Å². The SMILES string of the molecule is CCC(C)OC(=O)[N]=[Rh]. The Morgan fingerprint density at radius 3 is 2.78 bits per heavy atom. The third-order valence-corrected chi connectivity index (χ3v) is 1.24. The topological polar surface area (TPSA) is 38.7 Å². The fraction of sp³-hybridized carbons (Fsp3) is 0.800.